The van der Waals surface area contributed by atoms with Crippen molar-refractivity contribution in [1.82, 2.24) is 5.32 Å². The number of carbonyl (C=O) groups is 1. The molecule has 0 aromatic heterocycles. The van der Waals surface area contributed by atoms with E-state index in [0.29, 0.717) is 24.6 Å². The van der Waals surface area contributed by atoms with Crippen LogP contribution in [0.2, 0.25) is 0 Å². The molecule has 2 rings (SSSR count). The van der Waals surface area contributed by atoms with Crippen molar-refractivity contribution >= 4 is 11.6 Å². The van der Waals surface area contributed by atoms with Gasteiger partial charge in [0.2, 0.25) is 5.91 Å². The van der Waals surface area contributed by atoms with Crippen LogP contribution in [0.25, 0.3) is 0 Å². The Labute approximate surface area is 148 Å². The first kappa shape index (κ1) is 18.6. The lowest BCUT2D eigenvalue weighted by molar-refractivity contribution is -0.115. The third-order valence-electron chi connectivity index (χ3n) is 3.52. The second-order valence-electron chi connectivity index (χ2n) is 5.45. The minimum atomic E-state index is -0.131. The van der Waals surface area contributed by atoms with E-state index in [9.17, 15) is 4.79 Å². The largest absolute Gasteiger partial charge is 0.497 e. The molecule has 0 aliphatic rings. The Bertz CT molecular complexity index is 686. The van der Waals surface area contributed by atoms with Crippen LogP contribution in [0, 0.1) is 6.92 Å². The van der Waals surface area contributed by atoms with Gasteiger partial charge in [0.25, 0.3) is 0 Å². The first-order valence-corrected chi connectivity index (χ1v) is 8.04. The Kier molecular flexibility index (Phi) is 7.10. The summed E-state index contributed by atoms with van der Waals surface area (Å²) < 4.78 is 15.9. The third kappa shape index (κ3) is 6.00. The summed E-state index contributed by atoms with van der Waals surface area (Å²) in [5, 5.41) is 5.89. The first-order chi connectivity index (χ1) is 12.1. The highest BCUT2D eigenvalue weighted by molar-refractivity contribution is 5.93. The summed E-state index contributed by atoms with van der Waals surface area (Å²) in [4.78, 5) is 12.0. The molecular weight excluding hydrogens is 320 g/mol. The summed E-state index contributed by atoms with van der Waals surface area (Å²) in [5.41, 5.74) is 1.72. The van der Waals surface area contributed by atoms with E-state index in [0.717, 1.165) is 17.1 Å². The van der Waals surface area contributed by atoms with Gasteiger partial charge < -0.3 is 24.8 Å². The van der Waals surface area contributed by atoms with E-state index in [2.05, 4.69) is 10.6 Å². The molecule has 0 radical (unpaired) electrons. The first-order valence-electron chi connectivity index (χ1n) is 8.04. The highest BCUT2D eigenvalue weighted by atomic mass is 16.5. The van der Waals surface area contributed by atoms with E-state index in [1.165, 1.54) is 0 Å². The molecule has 0 saturated carbocycles. The lowest BCUT2D eigenvalue weighted by Crippen LogP contribution is -2.31. The number of carbonyl (C=O) groups excluding carboxylic acids is 1. The molecule has 0 spiro atoms. The van der Waals surface area contributed by atoms with Crippen molar-refractivity contribution in [1.29, 1.82) is 0 Å². The van der Waals surface area contributed by atoms with E-state index >= 15 is 0 Å². The van der Waals surface area contributed by atoms with Crippen LogP contribution in [0.1, 0.15) is 5.56 Å². The van der Waals surface area contributed by atoms with Gasteiger partial charge in [0, 0.05) is 6.54 Å². The van der Waals surface area contributed by atoms with Crippen LogP contribution in [0.15, 0.2) is 42.5 Å². The van der Waals surface area contributed by atoms with Gasteiger partial charge in [-0.3, -0.25) is 4.79 Å². The van der Waals surface area contributed by atoms with E-state index in [1.807, 2.05) is 49.4 Å². The van der Waals surface area contributed by atoms with Gasteiger partial charge in [-0.2, -0.15) is 0 Å². The van der Waals surface area contributed by atoms with Crippen molar-refractivity contribution in [3.63, 3.8) is 0 Å². The molecule has 25 heavy (non-hydrogen) atoms. The van der Waals surface area contributed by atoms with Crippen LogP contribution < -0.4 is 24.8 Å². The van der Waals surface area contributed by atoms with Crippen molar-refractivity contribution in [2.75, 3.05) is 39.2 Å². The second-order valence-corrected chi connectivity index (χ2v) is 5.45. The maximum Gasteiger partial charge on any atom is 0.238 e. The van der Waals surface area contributed by atoms with Crippen molar-refractivity contribution in [3.8, 4) is 17.2 Å². The van der Waals surface area contributed by atoms with Crippen molar-refractivity contribution in [2.45, 2.75) is 6.92 Å². The molecular formula is C19H24N2O4. The summed E-state index contributed by atoms with van der Waals surface area (Å²) in [7, 11) is 3.20. The van der Waals surface area contributed by atoms with Crippen LogP contribution in [-0.4, -0.2) is 39.8 Å². The fraction of sp³-hybridized carbons (Fsp3) is 0.316. The van der Waals surface area contributed by atoms with Crippen molar-refractivity contribution in [3.05, 3.63) is 48.0 Å². The van der Waals surface area contributed by atoms with Crippen molar-refractivity contribution < 1.29 is 19.0 Å². The van der Waals surface area contributed by atoms with Crippen LogP contribution >= 0.6 is 0 Å². The summed E-state index contributed by atoms with van der Waals surface area (Å²) in [6.45, 7) is 3.19. The quantitative estimate of drug-likeness (QED) is 0.685. The molecule has 0 atom stereocenters. The molecule has 0 aliphatic heterocycles. The normalized spacial score (nSPS) is 10.2. The SMILES string of the molecule is COc1ccc(OCCNCC(=O)Nc2cc(C)ccc2OC)cc1. The smallest absolute Gasteiger partial charge is 0.238 e. The zero-order chi connectivity index (χ0) is 18.1. The summed E-state index contributed by atoms with van der Waals surface area (Å²) in [6, 6.07) is 13.0. The molecule has 0 saturated heterocycles. The van der Waals surface area contributed by atoms with Crippen molar-refractivity contribution in [2.24, 2.45) is 0 Å². The number of rotatable bonds is 9. The average Bonchev–Trinajstić information content (AvgIpc) is 2.62. The number of benzene rings is 2. The van der Waals surface area contributed by atoms with Gasteiger partial charge in [0.1, 0.15) is 23.9 Å². The number of ether oxygens (including phenoxy) is 3. The topological polar surface area (TPSA) is 68.8 Å². The van der Waals surface area contributed by atoms with Crippen LogP contribution in [0.4, 0.5) is 5.69 Å². The van der Waals surface area contributed by atoms with Gasteiger partial charge in [-0.05, 0) is 48.9 Å². The number of hydrogen-bond acceptors (Lipinski definition) is 5. The minimum absolute atomic E-state index is 0.131. The Morgan fingerprint density at radius 1 is 1.00 bits per heavy atom. The Morgan fingerprint density at radius 2 is 1.72 bits per heavy atom. The molecule has 0 bridgehead atoms. The predicted octanol–water partition coefficient (Wildman–Crippen LogP) is 2.62. The van der Waals surface area contributed by atoms with Gasteiger partial charge in [0.15, 0.2) is 0 Å². The zero-order valence-electron chi connectivity index (χ0n) is 14.8. The Balaban J connectivity index is 1.69. The third-order valence-corrected chi connectivity index (χ3v) is 3.52. The van der Waals surface area contributed by atoms with Crippen LogP contribution in [-0.2, 0) is 4.79 Å². The summed E-state index contributed by atoms with van der Waals surface area (Å²) in [5.74, 6) is 2.06. The lowest BCUT2D eigenvalue weighted by Gasteiger charge is -2.12. The molecule has 0 unspecified atom stereocenters. The zero-order valence-corrected chi connectivity index (χ0v) is 14.8. The standard InChI is InChI=1S/C19H24N2O4/c1-14-4-9-18(24-3)17(12-14)21-19(22)13-20-10-11-25-16-7-5-15(23-2)6-8-16/h4-9,12,20H,10-11,13H2,1-3H3,(H,21,22). The maximum atomic E-state index is 12.0. The minimum Gasteiger partial charge on any atom is -0.497 e. The fourth-order valence-corrected chi connectivity index (χ4v) is 2.23. The molecule has 0 fully saturated rings. The Hall–Kier alpha value is -2.73. The molecule has 2 N–H and O–H groups in total. The summed E-state index contributed by atoms with van der Waals surface area (Å²) >= 11 is 0. The molecule has 0 heterocycles. The monoisotopic (exact) mass is 344 g/mol. The molecule has 134 valence electrons. The lowest BCUT2D eigenvalue weighted by atomic mass is 10.2. The number of anilines is 1. The average molecular weight is 344 g/mol. The predicted molar refractivity (Wildman–Crippen MR) is 97.7 cm³/mol. The number of amides is 1. The highest BCUT2D eigenvalue weighted by Gasteiger charge is 2.07. The molecule has 2 aromatic carbocycles. The number of hydrogen-bond donors (Lipinski definition) is 2. The number of aryl methyl sites for hydroxylation is 1. The van der Waals surface area contributed by atoms with E-state index in [4.69, 9.17) is 14.2 Å². The highest BCUT2D eigenvalue weighted by Crippen LogP contribution is 2.24. The van der Waals surface area contributed by atoms with Gasteiger partial charge in [-0.25, -0.2) is 0 Å². The molecule has 1 amide bonds. The van der Waals surface area contributed by atoms with Gasteiger partial charge in [-0.15, -0.1) is 0 Å². The fourth-order valence-electron chi connectivity index (χ4n) is 2.23. The molecule has 0 aliphatic carbocycles. The van der Waals surface area contributed by atoms with Crippen LogP contribution in [0.3, 0.4) is 0 Å². The second kappa shape index (κ2) is 9.54. The van der Waals surface area contributed by atoms with Gasteiger partial charge in [0.05, 0.1) is 26.5 Å². The maximum absolute atomic E-state index is 12.0. The Morgan fingerprint density at radius 3 is 2.40 bits per heavy atom. The molecule has 6 heteroatoms. The van der Waals surface area contributed by atoms with E-state index < -0.39 is 0 Å². The van der Waals surface area contributed by atoms with Gasteiger partial charge >= 0.3 is 0 Å². The molecule has 6 nitrogen and oxygen atoms in total. The van der Waals surface area contributed by atoms with Crippen LogP contribution in [0.5, 0.6) is 17.2 Å². The molecule has 2 aromatic rings. The van der Waals surface area contributed by atoms with E-state index in [-0.39, 0.29) is 12.5 Å². The number of nitrogens with one attached hydrogen (secondary N) is 2. The summed E-state index contributed by atoms with van der Waals surface area (Å²) in [6.07, 6.45) is 0. The number of methoxy groups -OCH3 is 2. The van der Waals surface area contributed by atoms with E-state index in [1.54, 1.807) is 14.2 Å². The van der Waals surface area contributed by atoms with Gasteiger partial charge in [-0.1, -0.05) is 6.07 Å².